The Morgan fingerprint density at radius 2 is 2.00 bits per heavy atom. The molecule has 2 aromatic carbocycles. The molecule has 1 heterocycles. The van der Waals surface area contributed by atoms with Crippen LogP contribution in [0.1, 0.15) is 19.3 Å². The smallest absolute Gasteiger partial charge is 0.262 e. The molecule has 1 aliphatic rings. The number of methoxy groups -OCH3 is 1. The number of hydrogen-bond acceptors (Lipinski definition) is 4. The van der Waals surface area contributed by atoms with Gasteiger partial charge in [-0.2, -0.15) is 0 Å². The second kappa shape index (κ2) is 8.77. The van der Waals surface area contributed by atoms with E-state index in [4.69, 9.17) is 21.1 Å². The summed E-state index contributed by atoms with van der Waals surface area (Å²) >= 11 is 6.01. The molecule has 0 radical (unpaired) electrons. The number of rotatable bonds is 6. The number of nitrogens with one attached hydrogen (secondary N) is 1. The van der Waals surface area contributed by atoms with E-state index in [0.717, 1.165) is 12.8 Å². The Kier molecular flexibility index (Phi) is 6.19. The largest absolute Gasteiger partial charge is 0.495 e. The van der Waals surface area contributed by atoms with Crippen molar-refractivity contribution in [3.8, 4) is 11.5 Å². The van der Waals surface area contributed by atoms with E-state index in [-0.39, 0.29) is 18.4 Å². The van der Waals surface area contributed by atoms with Crippen molar-refractivity contribution in [2.75, 3.05) is 30.5 Å². The van der Waals surface area contributed by atoms with Crippen LogP contribution >= 0.6 is 11.6 Å². The zero-order chi connectivity index (χ0) is 19.2. The maximum Gasteiger partial charge on any atom is 0.262 e. The lowest BCUT2D eigenvalue weighted by atomic mass is 10.1. The Labute approximate surface area is 163 Å². The molecule has 0 aliphatic carbocycles. The number of piperidine rings is 1. The predicted molar refractivity (Wildman–Crippen MR) is 105 cm³/mol. The molecule has 142 valence electrons. The molecular weight excluding hydrogens is 368 g/mol. The average Bonchev–Trinajstić information content (AvgIpc) is 2.68. The topological polar surface area (TPSA) is 67.9 Å². The summed E-state index contributed by atoms with van der Waals surface area (Å²) in [6.07, 6.45) is 2.36. The molecule has 7 heteroatoms. The first-order valence-electron chi connectivity index (χ1n) is 8.74. The zero-order valence-corrected chi connectivity index (χ0v) is 15.8. The molecule has 1 saturated heterocycles. The Morgan fingerprint density at radius 3 is 2.74 bits per heavy atom. The van der Waals surface area contributed by atoms with Crippen LogP contribution in [0, 0.1) is 0 Å². The number of para-hydroxylation sites is 1. The highest BCUT2D eigenvalue weighted by molar-refractivity contribution is 6.32. The summed E-state index contributed by atoms with van der Waals surface area (Å²) in [6.45, 7) is 0.468. The lowest BCUT2D eigenvalue weighted by molar-refractivity contribution is -0.119. The summed E-state index contributed by atoms with van der Waals surface area (Å²) in [5, 5.41) is 3.22. The number of benzene rings is 2. The first kappa shape index (κ1) is 19.0. The fraction of sp³-hybridized carbons (Fsp3) is 0.300. The molecule has 0 unspecified atom stereocenters. The van der Waals surface area contributed by atoms with E-state index in [1.807, 2.05) is 0 Å². The molecule has 3 rings (SSSR count). The van der Waals surface area contributed by atoms with Crippen molar-refractivity contribution in [3.63, 3.8) is 0 Å². The van der Waals surface area contributed by atoms with Crippen LogP contribution in [0.5, 0.6) is 11.5 Å². The summed E-state index contributed by atoms with van der Waals surface area (Å²) in [6, 6.07) is 12.2. The molecule has 6 nitrogen and oxygen atoms in total. The summed E-state index contributed by atoms with van der Waals surface area (Å²) in [7, 11) is 1.56. The van der Waals surface area contributed by atoms with Crippen LogP contribution in [0.4, 0.5) is 11.4 Å². The number of halogens is 1. The van der Waals surface area contributed by atoms with E-state index in [0.29, 0.717) is 40.9 Å². The quantitative estimate of drug-likeness (QED) is 0.815. The molecule has 0 saturated carbocycles. The molecule has 2 amide bonds. The minimum absolute atomic E-state index is 0.0603. The number of carbonyl (C=O) groups is 2. The minimum Gasteiger partial charge on any atom is -0.495 e. The maximum absolute atomic E-state index is 12.2. The summed E-state index contributed by atoms with van der Waals surface area (Å²) < 4.78 is 10.8. The predicted octanol–water partition coefficient (Wildman–Crippen LogP) is 3.88. The van der Waals surface area contributed by atoms with Crippen molar-refractivity contribution in [1.82, 2.24) is 0 Å². The lowest BCUT2D eigenvalue weighted by Crippen LogP contribution is -2.35. The van der Waals surface area contributed by atoms with Crippen molar-refractivity contribution in [2.24, 2.45) is 0 Å². The van der Waals surface area contributed by atoms with Crippen LogP contribution < -0.4 is 19.7 Å². The minimum atomic E-state index is -0.323. The van der Waals surface area contributed by atoms with E-state index in [2.05, 4.69) is 5.32 Å². The van der Waals surface area contributed by atoms with Gasteiger partial charge in [-0.1, -0.05) is 23.7 Å². The molecule has 1 fully saturated rings. The van der Waals surface area contributed by atoms with Crippen LogP contribution in [0.2, 0.25) is 5.02 Å². The van der Waals surface area contributed by atoms with Crippen LogP contribution in [-0.4, -0.2) is 32.1 Å². The number of anilines is 2. The first-order chi connectivity index (χ1) is 13.1. The van der Waals surface area contributed by atoms with Gasteiger partial charge < -0.3 is 19.7 Å². The Balaban J connectivity index is 1.69. The number of carbonyl (C=O) groups excluding carboxylic acids is 2. The molecule has 27 heavy (non-hydrogen) atoms. The van der Waals surface area contributed by atoms with E-state index < -0.39 is 0 Å². The molecule has 0 aromatic heterocycles. The van der Waals surface area contributed by atoms with Crippen molar-refractivity contribution in [1.29, 1.82) is 0 Å². The van der Waals surface area contributed by atoms with Crippen LogP contribution in [0.15, 0.2) is 42.5 Å². The van der Waals surface area contributed by atoms with E-state index >= 15 is 0 Å². The van der Waals surface area contributed by atoms with Crippen molar-refractivity contribution in [3.05, 3.63) is 47.5 Å². The molecular formula is C20H21ClN2O4. The van der Waals surface area contributed by atoms with Gasteiger partial charge in [-0.25, -0.2) is 0 Å². The number of nitrogens with zero attached hydrogens (tertiary/aromatic N) is 1. The number of hydrogen-bond donors (Lipinski definition) is 1. The SMILES string of the molecule is COc1ccc(NC(=O)COc2ccccc2Cl)cc1N1CCCCC1=O. The van der Waals surface area contributed by atoms with Gasteiger partial charge in [0.25, 0.3) is 5.91 Å². The van der Waals surface area contributed by atoms with Crippen LogP contribution in [0.25, 0.3) is 0 Å². The summed E-state index contributed by atoms with van der Waals surface area (Å²) in [5.74, 6) is 0.778. The standard InChI is InChI=1S/C20H21ClN2O4/c1-26-18-10-9-14(12-16(18)23-11-5-4-8-20(23)25)22-19(24)13-27-17-7-3-2-6-15(17)21/h2-3,6-7,9-10,12H,4-5,8,11,13H2,1H3,(H,22,24). The molecule has 1 N–H and O–H groups in total. The van der Waals surface area contributed by atoms with Gasteiger partial charge in [0.1, 0.15) is 11.5 Å². The Morgan fingerprint density at radius 1 is 1.19 bits per heavy atom. The molecule has 0 bridgehead atoms. The monoisotopic (exact) mass is 388 g/mol. The Hall–Kier alpha value is -2.73. The fourth-order valence-electron chi connectivity index (χ4n) is 2.94. The van der Waals surface area contributed by atoms with Crippen molar-refractivity contribution in [2.45, 2.75) is 19.3 Å². The van der Waals surface area contributed by atoms with Gasteiger partial charge >= 0.3 is 0 Å². The third-order valence-corrected chi connectivity index (χ3v) is 4.58. The lowest BCUT2D eigenvalue weighted by Gasteiger charge is -2.28. The van der Waals surface area contributed by atoms with Crippen LogP contribution in [-0.2, 0) is 9.59 Å². The van der Waals surface area contributed by atoms with Gasteiger partial charge in [0, 0.05) is 18.7 Å². The van der Waals surface area contributed by atoms with Gasteiger partial charge in [-0.3, -0.25) is 9.59 Å². The zero-order valence-electron chi connectivity index (χ0n) is 15.0. The molecule has 2 aromatic rings. The van der Waals surface area contributed by atoms with Gasteiger partial charge in [0.2, 0.25) is 5.91 Å². The average molecular weight is 389 g/mol. The van der Waals surface area contributed by atoms with E-state index in [1.54, 1.807) is 54.5 Å². The highest BCUT2D eigenvalue weighted by Gasteiger charge is 2.23. The highest BCUT2D eigenvalue weighted by atomic mass is 35.5. The number of ether oxygens (including phenoxy) is 2. The summed E-state index contributed by atoms with van der Waals surface area (Å²) in [4.78, 5) is 26.2. The van der Waals surface area contributed by atoms with E-state index in [1.165, 1.54) is 0 Å². The van der Waals surface area contributed by atoms with Gasteiger partial charge in [0.05, 0.1) is 17.8 Å². The van der Waals surface area contributed by atoms with Gasteiger partial charge in [-0.15, -0.1) is 0 Å². The fourth-order valence-corrected chi connectivity index (χ4v) is 3.13. The highest BCUT2D eigenvalue weighted by Crippen LogP contribution is 2.33. The number of amides is 2. The van der Waals surface area contributed by atoms with Gasteiger partial charge in [-0.05, 0) is 43.2 Å². The second-order valence-electron chi connectivity index (χ2n) is 6.16. The van der Waals surface area contributed by atoms with Crippen molar-refractivity contribution < 1.29 is 19.1 Å². The normalized spacial score (nSPS) is 14.0. The molecule has 1 aliphatic heterocycles. The third-order valence-electron chi connectivity index (χ3n) is 4.27. The van der Waals surface area contributed by atoms with Crippen molar-refractivity contribution >= 4 is 34.8 Å². The second-order valence-corrected chi connectivity index (χ2v) is 6.56. The first-order valence-corrected chi connectivity index (χ1v) is 9.12. The van der Waals surface area contributed by atoms with E-state index in [9.17, 15) is 9.59 Å². The molecule has 0 atom stereocenters. The van der Waals surface area contributed by atoms with Crippen LogP contribution in [0.3, 0.4) is 0 Å². The van der Waals surface area contributed by atoms with Gasteiger partial charge in [0.15, 0.2) is 6.61 Å². The Bertz CT molecular complexity index is 840. The maximum atomic E-state index is 12.2. The molecule has 0 spiro atoms. The summed E-state index contributed by atoms with van der Waals surface area (Å²) in [5.41, 5.74) is 1.23. The third kappa shape index (κ3) is 4.71.